The van der Waals surface area contributed by atoms with Crippen LogP contribution in [-0.4, -0.2) is 20.6 Å². The van der Waals surface area contributed by atoms with Crippen molar-refractivity contribution in [3.05, 3.63) is 47.2 Å². The standard InChI is InChI=1S/C15H14ClFN2O3S2/c1-9(20)18-14-8-11(4-6-15(14)23-2)24(21,22)19-10-3-5-13(17)12(16)7-10/h3-8,19H,1-2H3,(H,18,20). The van der Waals surface area contributed by atoms with Crippen LogP contribution < -0.4 is 10.0 Å². The van der Waals surface area contributed by atoms with E-state index in [1.165, 1.54) is 43.0 Å². The van der Waals surface area contributed by atoms with Crippen molar-refractivity contribution in [3.8, 4) is 0 Å². The van der Waals surface area contributed by atoms with E-state index in [0.29, 0.717) is 5.69 Å². The number of carbonyl (C=O) groups is 1. The van der Waals surface area contributed by atoms with E-state index in [0.717, 1.165) is 11.0 Å². The molecular weight excluding hydrogens is 375 g/mol. The third kappa shape index (κ3) is 4.40. The second kappa shape index (κ2) is 7.42. The van der Waals surface area contributed by atoms with E-state index in [1.54, 1.807) is 6.07 Å². The maximum absolute atomic E-state index is 13.2. The Hall–Kier alpha value is -1.77. The second-order valence-electron chi connectivity index (χ2n) is 4.78. The van der Waals surface area contributed by atoms with Crippen LogP contribution >= 0.6 is 23.4 Å². The van der Waals surface area contributed by atoms with Gasteiger partial charge in [0.2, 0.25) is 5.91 Å². The largest absolute Gasteiger partial charge is 0.325 e. The molecule has 2 aromatic carbocycles. The molecule has 0 spiro atoms. The first-order valence-electron chi connectivity index (χ1n) is 6.66. The van der Waals surface area contributed by atoms with Gasteiger partial charge in [0, 0.05) is 11.8 Å². The lowest BCUT2D eigenvalue weighted by Gasteiger charge is -2.12. The van der Waals surface area contributed by atoms with Gasteiger partial charge in [0.15, 0.2) is 0 Å². The minimum absolute atomic E-state index is 0.0375. The first-order chi connectivity index (χ1) is 11.2. The number of hydrogen-bond donors (Lipinski definition) is 2. The average molecular weight is 389 g/mol. The van der Waals surface area contributed by atoms with Crippen molar-refractivity contribution in [2.45, 2.75) is 16.7 Å². The first-order valence-corrected chi connectivity index (χ1v) is 9.75. The van der Waals surface area contributed by atoms with Gasteiger partial charge in [-0.3, -0.25) is 9.52 Å². The van der Waals surface area contributed by atoms with Crippen LogP contribution in [0.25, 0.3) is 0 Å². The van der Waals surface area contributed by atoms with Gasteiger partial charge in [-0.2, -0.15) is 0 Å². The van der Waals surface area contributed by atoms with E-state index in [-0.39, 0.29) is 21.5 Å². The van der Waals surface area contributed by atoms with E-state index in [2.05, 4.69) is 10.0 Å². The molecule has 0 aliphatic rings. The number of anilines is 2. The first kappa shape index (κ1) is 18.6. The number of nitrogens with one attached hydrogen (secondary N) is 2. The maximum atomic E-state index is 13.2. The van der Waals surface area contributed by atoms with Crippen LogP contribution in [0.1, 0.15) is 6.92 Å². The van der Waals surface area contributed by atoms with Crippen LogP contribution in [0.3, 0.4) is 0 Å². The van der Waals surface area contributed by atoms with Gasteiger partial charge in [-0.05, 0) is 42.7 Å². The zero-order valence-electron chi connectivity index (χ0n) is 12.8. The maximum Gasteiger partial charge on any atom is 0.261 e. The van der Waals surface area contributed by atoms with Crippen LogP contribution in [0, 0.1) is 5.82 Å². The molecule has 0 saturated carbocycles. The second-order valence-corrected chi connectivity index (χ2v) is 7.72. The van der Waals surface area contributed by atoms with Crippen molar-refractivity contribution in [2.24, 2.45) is 0 Å². The Morgan fingerprint density at radius 3 is 2.50 bits per heavy atom. The summed E-state index contributed by atoms with van der Waals surface area (Å²) >= 11 is 7.03. The topological polar surface area (TPSA) is 75.3 Å². The lowest BCUT2D eigenvalue weighted by atomic mass is 10.3. The smallest absolute Gasteiger partial charge is 0.261 e. The zero-order valence-corrected chi connectivity index (χ0v) is 15.2. The molecule has 0 saturated heterocycles. The number of carbonyl (C=O) groups excluding carboxylic acids is 1. The van der Waals surface area contributed by atoms with Gasteiger partial charge in [0.05, 0.1) is 21.3 Å². The summed E-state index contributed by atoms with van der Waals surface area (Å²) in [5.41, 5.74) is 0.534. The van der Waals surface area contributed by atoms with Crippen LogP contribution in [0.2, 0.25) is 5.02 Å². The van der Waals surface area contributed by atoms with Crippen molar-refractivity contribution in [2.75, 3.05) is 16.3 Å². The molecule has 0 radical (unpaired) electrons. The number of halogens is 2. The third-order valence-corrected chi connectivity index (χ3v) is 5.43. The van der Waals surface area contributed by atoms with E-state index in [9.17, 15) is 17.6 Å². The van der Waals surface area contributed by atoms with E-state index in [1.807, 2.05) is 6.26 Å². The van der Waals surface area contributed by atoms with Gasteiger partial charge in [0.1, 0.15) is 5.82 Å². The predicted molar refractivity (Wildman–Crippen MR) is 94.7 cm³/mol. The van der Waals surface area contributed by atoms with Gasteiger partial charge in [-0.1, -0.05) is 11.6 Å². The highest BCUT2D eigenvalue weighted by atomic mass is 35.5. The van der Waals surface area contributed by atoms with Crippen LogP contribution in [0.15, 0.2) is 46.2 Å². The fourth-order valence-electron chi connectivity index (χ4n) is 1.92. The normalized spacial score (nSPS) is 11.2. The highest BCUT2D eigenvalue weighted by Gasteiger charge is 2.17. The molecule has 0 heterocycles. The Bertz CT molecular complexity index is 888. The van der Waals surface area contributed by atoms with E-state index < -0.39 is 15.8 Å². The Labute approximate surface area is 148 Å². The van der Waals surface area contributed by atoms with Gasteiger partial charge in [-0.25, -0.2) is 12.8 Å². The predicted octanol–water partition coefficient (Wildman–Crippen LogP) is 3.96. The van der Waals surface area contributed by atoms with Crippen LogP contribution in [0.4, 0.5) is 15.8 Å². The minimum Gasteiger partial charge on any atom is -0.325 e. The monoisotopic (exact) mass is 388 g/mol. The number of thioether (sulfide) groups is 1. The summed E-state index contributed by atoms with van der Waals surface area (Å²) < 4.78 is 40.4. The molecule has 0 bridgehead atoms. The molecule has 1 amide bonds. The molecule has 0 unspecified atom stereocenters. The van der Waals surface area contributed by atoms with Gasteiger partial charge in [-0.15, -0.1) is 11.8 Å². The summed E-state index contributed by atoms with van der Waals surface area (Å²) in [5, 5.41) is 2.41. The van der Waals surface area contributed by atoms with Crippen molar-refractivity contribution in [3.63, 3.8) is 0 Å². The van der Waals surface area contributed by atoms with E-state index in [4.69, 9.17) is 11.6 Å². The fraction of sp³-hybridized carbons (Fsp3) is 0.133. The van der Waals surface area contributed by atoms with Crippen molar-refractivity contribution in [1.29, 1.82) is 0 Å². The fourth-order valence-corrected chi connectivity index (χ4v) is 3.71. The number of sulfonamides is 1. The minimum atomic E-state index is -3.92. The Morgan fingerprint density at radius 2 is 1.92 bits per heavy atom. The zero-order chi connectivity index (χ0) is 17.9. The molecule has 128 valence electrons. The molecule has 0 atom stereocenters. The van der Waals surface area contributed by atoms with E-state index >= 15 is 0 Å². The van der Waals surface area contributed by atoms with Crippen molar-refractivity contribution in [1.82, 2.24) is 0 Å². The van der Waals surface area contributed by atoms with Gasteiger partial charge >= 0.3 is 0 Å². The molecule has 2 aromatic rings. The molecule has 9 heteroatoms. The number of hydrogen-bond acceptors (Lipinski definition) is 4. The average Bonchev–Trinajstić information content (AvgIpc) is 2.50. The van der Waals surface area contributed by atoms with Gasteiger partial charge in [0.25, 0.3) is 10.0 Å². The molecule has 2 N–H and O–H groups in total. The lowest BCUT2D eigenvalue weighted by Crippen LogP contribution is -2.14. The van der Waals surface area contributed by atoms with Crippen molar-refractivity contribution < 1.29 is 17.6 Å². The quantitative estimate of drug-likeness (QED) is 0.760. The molecule has 0 aliphatic heterocycles. The van der Waals surface area contributed by atoms with Crippen molar-refractivity contribution >= 4 is 50.7 Å². The summed E-state index contributed by atoms with van der Waals surface area (Å²) in [6.45, 7) is 1.34. The Balaban J connectivity index is 2.37. The van der Waals surface area contributed by atoms with Crippen LogP contribution in [-0.2, 0) is 14.8 Å². The lowest BCUT2D eigenvalue weighted by molar-refractivity contribution is -0.114. The molecule has 0 aliphatic carbocycles. The number of amides is 1. The highest BCUT2D eigenvalue weighted by molar-refractivity contribution is 7.98. The van der Waals surface area contributed by atoms with Crippen LogP contribution in [0.5, 0.6) is 0 Å². The number of benzene rings is 2. The summed E-state index contributed by atoms with van der Waals surface area (Å²) in [7, 11) is -3.92. The number of rotatable bonds is 5. The summed E-state index contributed by atoms with van der Waals surface area (Å²) in [6.07, 6.45) is 1.81. The molecular formula is C15H14ClFN2O3S2. The molecule has 5 nitrogen and oxygen atoms in total. The van der Waals surface area contributed by atoms with Gasteiger partial charge < -0.3 is 5.32 Å². The SMILES string of the molecule is CSc1ccc(S(=O)(=O)Nc2ccc(F)c(Cl)c2)cc1NC(C)=O. The Kier molecular flexibility index (Phi) is 5.74. The molecule has 0 fully saturated rings. The summed E-state index contributed by atoms with van der Waals surface area (Å²) in [4.78, 5) is 12.0. The highest BCUT2D eigenvalue weighted by Crippen LogP contribution is 2.29. The summed E-state index contributed by atoms with van der Waals surface area (Å²) in [6, 6.07) is 7.90. The molecule has 24 heavy (non-hydrogen) atoms. The molecule has 2 rings (SSSR count). The molecule has 0 aromatic heterocycles. The summed E-state index contributed by atoms with van der Waals surface area (Å²) in [5.74, 6) is -0.949. The Morgan fingerprint density at radius 1 is 1.21 bits per heavy atom. The third-order valence-electron chi connectivity index (χ3n) is 2.96.